The van der Waals surface area contributed by atoms with Gasteiger partial charge in [-0.1, -0.05) is 60.3 Å². The summed E-state index contributed by atoms with van der Waals surface area (Å²) in [5.74, 6) is -1.58. The number of hydrogen-bond donors (Lipinski definition) is 2. The van der Waals surface area contributed by atoms with Gasteiger partial charge in [0.05, 0.1) is 30.7 Å². The summed E-state index contributed by atoms with van der Waals surface area (Å²) in [5.41, 5.74) is 5.05. The molecule has 11 heteroatoms. The number of thiocarbonyl (C=S) groups is 1. The van der Waals surface area contributed by atoms with Gasteiger partial charge in [0.2, 0.25) is 11.0 Å². The van der Waals surface area contributed by atoms with Gasteiger partial charge in [-0.05, 0) is 72.4 Å². The number of phenols is 1. The smallest absolute Gasteiger partial charge is 0.280 e. The van der Waals surface area contributed by atoms with E-state index in [1.165, 1.54) is 30.2 Å². The molecule has 214 valence electrons. The van der Waals surface area contributed by atoms with E-state index in [-0.39, 0.29) is 34.6 Å². The predicted octanol–water partition coefficient (Wildman–Crippen LogP) is 5.28. The van der Waals surface area contributed by atoms with Crippen LogP contribution in [0.25, 0.3) is 6.08 Å². The zero-order valence-electron chi connectivity index (χ0n) is 22.8. The van der Waals surface area contributed by atoms with Crippen LogP contribution in [0.1, 0.15) is 5.56 Å². The van der Waals surface area contributed by atoms with Gasteiger partial charge in [0.15, 0.2) is 11.5 Å². The Hall–Kier alpha value is -4.97. The first-order valence-corrected chi connectivity index (χ1v) is 14.4. The molecule has 43 heavy (non-hydrogen) atoms. The number of hydrazine groups is 1. The van der Waals surface area contributed by atoms with E-state index in [0.29, 0.717) is 11.3 Å². The number of benzene rings is 4. The van der Waals surface area contributed by atoms with Crippen molar-refractivity contribution in [1.29, 1.82) is 0 Å². The molecule has 9 nitrogen and oxygen atoms in total. The second-order valence-corrected chi connectivity index (χ2v) is 10.9. The maximum atomic E-state index is 13.8. The average molecular weight is 609 g/mol. The first-order valence-electron chi connectivity index (χ1n) is 13.2. The molecule has 0 radical (unpaired) electrons. The number of para-hydroxylation sites is 3. The van der Waals surface area contributed by atoms with Crippen LogP contribution in [0.15, 0.2) is 112 Å². The molecule has 0 spiro atoms. The van der Waals surface area contributed by atoms with Crippen molar-refractivity contribution in [3.8, 4) is 11.5 Å². The Kier molecular flexibility index (Phi) is 7.68. The number of methoxy groups -OCH3 is 1. The number of carbonyl (C=O) groups excluding carboxylic acids is 3. The van der Waals surface area contributed by atoms with Crippen molar-refractivity contribution in [2.45, 2.75) is 9.79 Å². The van der Waals surface area contributed by atoms with E-state index < -0.39 is 11.8 Å². The molecule has 4 aromatic carbocycles. The molecule has 0 aliphatic carbocycles. The third-order valence-electron chi connectivity index (χ3n) is 6.85. The lowest BCUT2D eigenvalue weighted by Gasteiger charge is -2.37. The summed E-state index contributed by atoms with van der Waals surface area (Å²) in [6.45, 7) is -0.295. The Balaban J connectivity index is 1.34. The fraction of sp³-hybridized carbons (Fsp3) is 0.0625. The van der Waals surface area contributed by atoms with Crippen LogP contribution in [0.2, 0.25) is 0 Å². The molecule has 0 saturated carbocycles. The van der Waals surface area contributed by atoms with E-state index in [1.54, 1.807) is 53.1 Å². The van der Waals surface area contributed by atoms with Crippen LogP contribution in [0.3, 0.4) is 0 Å². The van der Waals surface area contributed by atoms with Crippen LogP contribution in [0.4, 0.5) is 17.1 Å². The Bertz CT molecular complexity index is 1770. The number of amides is 3. The lowest BCUT2D eigenvalue weighted by Crippen LogP contribution is -2.62. The number of phenolic OH excluding ortho intramolecular Hbond substituents is 1. The van der Waals surface area contributed by atoms with Gasteiger partial charge >= 0.3 is 0 Å². The van der Waals surface area contributed by atoms with Crippen molar-refractivity contribution in [3.63, 3.8) is 0 Å². The lowest BCUT2D eigenvalue weighted by molar-refractivity contribution is -0.130. The van der Waals surface area contributed by atoms with Crippen LogP contribution in [0, 0.1) is 0 Å². The minimum absolute atomic E-state index is 0.0842. The van der Waals surface area contributed by atoms with Crippen molar-refractivity contribution in [2.75, 3.05) is 23.5 Å². The highest BCUT2D eigenvalue weighted by atomic mass is 32.2. The molecular formula is C32H24N4O5S2. The van der Waals surface area contributed by atoms with Crippen molar-refractivity contribution in [2.24, 2.45) is 0 Å². The van der Waals surface area contributed by atoms with Crippen molar-refractivity contribution in [3.05, 3.63) is 108 Å². The van der Waals surface area contributed by atoms with Gasteiger partial charge in [-0.15, -0.1) is 0 Å². The second-order valence-electron chi connectivity index (χ2n) is 9.49. The molecule has 1 fully saturated rings. The number of aromatic hydroxyl groups is 1. The van der Waals surface area contributed by atoms with Crippen LogP contribution >= 0.6 is 24.0 Å². The van der Waals surface area contributed by atoms with E-state index >= 15 is 0 Å². The summed E-state index contributed by atoms with van der Waals surface area (Å²) in [4.78, 5) is 46.0. The molecule has 2 heterocycles. The Labute approximate surface area is 256 Å². The van der Waals surface area contributed by atoms with E-state index in [0.717, 1.165) is 26.2 Å². The van der Waals surface area contributed by atoms with Gasteiger partial charge in [0, 0.05) is 9.79 Å². The number of nitrogens with zero attached hydrogens (tertiary/aromatic N) is 3. The highest BCUT2D eigenvalue weighted by molar-refractivity contribution is 7.99. The van der Waals surface area contributed by atoms with Gasteiger partial charge in [0.25, 0.3) is 11.8 Å². The molecule has 3 amide bonds. The number of nitrogens with one attached hydrogen (secondary N) is 1. The van der Waals surface area contributed by atoms with Gasteiger partial charge in [0.1, 0.15) is 5.57 Å². The molecule has 1 saturated heterocycles. The number of hydrogen-bond acceptors (Lipinski definition) is 8. The minimum Gasteiger partial charge on any atom is -0.504 e. The van der Waals surface area contributed by atoms with Crippen LogP contribution in [0.5, 0.6) is 11.5 Å². The van der Waals surface area contributed by atoms with Gasteiger partial charge < -0.3 is 9.84 Å². The molecule has 2 N–H and O–H groups in total. The van der Waals surface area contributed by atoms with Crippen LogP contribution in [-0.2, 0) is 14.4 Å². The molecule has 0 aromatic heterocycles. The summed E-state index contributed by atoms with van der Waals surface area (Å²) in [5, 5.41) is 10.9. The molecule has 0 unspecified atom stereocenters. The van der Waals surface area contributed by atoms with Crippen molar-refractivity contribution < 1.29 is 24.2 Å². The molecule has 0 atom stereocenters. The van der Waals surface area contributed by atoms with E-state index in [2.05, 4.69) is 5.43 Å². The first-order chi connectivity index (χ1) is 20.9. The average Bonchev–Trinajstić information content (AvgIpc) is 3.03. The summed E-state index contributed by atoms with van der Waals surface area (Å²) >= 11 is 7.21. The summed E-state index contributed by atoms with van der Waals surface area (Å²) in [6.07, 6.45) is 1.40. The maximum absolute atomic E-state index is 13.8. The third kappa shape index (κ3) is 5.25. The maximum Gasteiger partial charge on any atom is 0.280 e. The highest BCUT2D eigenvalue weighted by Gasteiger charge is 2.41. The second kappa shape index (κ2) is 11.7. The third-order valence-corrected chi connectivity index (χ3v) is 8.34. The van der Waals surface area contributed by atoms with E-state index in [1.807, 2.05) is 48.5 Å². The first kappa shape index (κ1) is 28.2. The van der Waals surface area contributed by atoms with Crippen molar-refractivity contribution in [1.82, 2.24) is 10.4 Å². The van der Waals surface area contributed by atoms with E-state index in [9.17, 15) is 19.5 Å². The molecule has 4 aromatic rings. The SMILES string of the molecule is COc1cc(/C=C2\C(=O)N(NCC(=O)N3c4ccccc4Sc4ccccc43)C(=S)N(c3ccccc3)C2=O)ccc1O. The molecule has 2 aliphatic rings. The number of rotatable bonds is 6. The number of anilines is 3. The molecule has 6 rings (SSSR count). The topological polar surface area (TPSA) is 102 Å². The highest BCUT2D eigenvalue weighted by Crippen LogP contribution is 2.47. The number of carbonyl (C=O) groups is 3. The van der Waals surface area contributed by atoms with Crippen molar-refractivity contribution >= 4 is 70.0 Å². The Morgan fingerprint density at radius 1 is 0.907 bits per heavy atom. The lowest BCUT2D eigenvalue weighted by atomic mass is 10.1. The van der Waals surface area contributed by atoms with Crippen LogP contribution in [-0.4, -0.2) is 46.6 Å². The molecule has 0 bridgehead atoms. The summed E-state index contributed by atoms with van der Waals surface area (Å²) in [7, 11) is 1.40. The molecule has 2 aliphatic heterocycles. The van der Waals surface area contributed by atoms with E-state index in [4.69, 9.17) is 17.0 Å². The molecular weight excluding hydrogens is 585 g/mol. The Morgan fingerprint density at radius 2 is 1.53 bits per heavy atom. The summed E-state index contributed by atoms with van der Waals surface area (Å²) < 4.78 is 5.18. The standard InChI is InChI=1S/C32H24N4O5S2/c1-41-26-18-20(15-16-25(26)37)17-22-30(39)34(21-9-3-2-4-10-21)32(42)36(31(22)40)33-19-29(38)35-23-11-5-7-13-27(23)43-28-14-8-6-12-24(28)35/h2-18,33,37H,19H2,1H3/b22-17-. The predicted molar refractivity (Wildman–Crippen MR) is 168 cm³/mol. The van der Waals surface area contributed by atoms with Gasteiger partial charge in [-0.2, -0.15) is 0 Å². The number of fused-ring (bicyclic) bond motifs is 2. The zero-order valence-corrected chi connectivity index (χ0v) is 24.4. The Morgan fingerprint density at radius 3 is 2.19 bits per heavy atom. The minimum atomic E-state index is -0.725. The fourth-order valence-corrected chi connectivity index (χ4v) is 6.22. The summed E-state index contributed by atoms with van der Waals surface area (Å²) in [6, 6.07) is 28.4. The van der Waals surface area contributed by atoms with Gasteiger partial charge in [-0.3, -0.25) is 24.2 Å². The van der Waals surface area contributed by atoms with Gasteiger partial charge in [-0.25, -0.2) is 10.4 Å². The normalized spacial score (nSPS) is 15.4. The monoisotopic (exact) mass is 608 g/mol. The zero-order chi connectivity index (χ0) is 30.1. The van der Waals surface area contributed by atoms with Crippen LogP contribution < -0.4 is 20.0 Å². The largest absolute Gasteiger partial charge is 0.504 e. The quantitative estimate of drug-likeness (QED) is 0.173. The number of ether oxygens (including phenoxy) is 1. The fourth-order valence-electron chi connectivity index (χ4n) is 4.82.